The molecule has 1 unspecified atom stereocenters. The SMILES string of the molecule is CC(=O)c1cccc(OCC(=O)N(C)C(C)c2ccc(S(C)(=O)=O)cc2)c1. The maximum absolute atomic E-state index is 12.4. The van der Waals surface area contributed by atoms with Crippen molar-refractivity contribution in [2.45, 2.75) is 24.8 Å². The van der Waals surface area contributed by atoms with E-state index in [1.165, 1.54) is 24.0 Å². The van der Waals surface area contributed by atoms with E-state index in [-0.39, 0.29) is 29.2 Å². The third-order valence-corrected chi connectivity index (χ3v) is 5.50. The number of benzene rings is 2. The Morgan fingerprint density at radius 2 is 1.74 bits per heavy atom. The minimum Gasteiger partial charge on any atom is -0.484 e. The fourth-order valence-electron chi connectivity index (χ4n) is 2.48. The van der Waals surface area contributed by atoms with Crippen LogP contribution in [-0.2, 0) is 14.6 Å². The normalized spacial score (nSPS) is 12.3. The van der Waals surface area contributed by atoms with Gasteiger partial charge in [-0.25, -0.2) is 8.42 Å². The van der Waals surface area contributed by atoms with E-state index < -0.39 is 9.84 Å². The summed E-state index contributed by atoms with van der Waals surface area (Å²) in [4.78, 5) is 25.6. The summed E-state index contributed by atoms with van der Waals surface area (Å²) in [6.45, 7) is 3.15. The number of nitrogens with zero attached hydrogens (tertiary/aromatic N) is 1. The third-order valence-electron chi connectivity index (χ3n) is 4.37. The summed E-state index contributed by atoms with van der Waals surface area (Å²) in [5.74, 6) is 0.146. The van der Waals surface area contributed by atoms with Gasteiger partial charge in [-0.05, 0) is 43.7 Å². The zero-order valence-corrected chi connectivity index (χ0v) is 16.6. The number of amides is 1. The highest BCUT2D eigenvalue weighted by Crippen LogP contribution is 2.21. The molecule has 0 radical (unpaired) electrons. The molecule has 0 aliphatic heterocycles. The van der Waals surface area contributed by atoms with Gasteiger partial charge in [-0.2, -0.15) is 0 Å². The van der Waals surface area contributed by atoms with Gasteiger partial charge in [-0.3, -0.25) is 9.59 Å². The van der Waals surface area contributed by atoms with Crippen LogP contribution in [0.1, 0.15) is 35.8 Å². The number of hydrogen-bond donors (Lipinski definition) is 0. The van der Waals surface area contributed by atoms with Crippen molar-refractivity contribution in [3.63, 3.8) is 0 Å². The van der Waals surface area contributed by atoms with E-state index in [1.54, 1.807) is 43.4 Å². The molecule has 7 heteroatoms. The van der Waals surface area contributed by atoms with Crippen LogP contribution in [0.5, 0.6) is 5.75 Å². The molecule has 1 atom stereocenters. The van der Waals surface area contributed by atoms with E-state index in [0.29, 0.717) is 11.3 Å². The van der Waals surface area contributed by atoms with Crippen molar-refractivity contribution in [1.29, 1.82) is 0 Å². The molecule has 0 aliphatic rings. The van der Waals surface area contributed by atoms with Gasteiger partial charge in [0.25, 0.3) is 5.91 Å². The Hall–Kier alpha value is -2.67. The first-order valence-corrected chi connectivity index (χ1v) is 10.3. The summed E-state index contributed by atoms with van der Waals surface area (Å²) in [6, 6.07) is 12.9. The van der Waals surface area contributed by atoms with Crippen LogP contribution in [0.2, 0.25) is 0 Å². The molecule has 2 aromatic carbocycles. The van der Waals surface area contributed by atoms with Crippen molar-refractivity contribution in [3.05, 3.63) is 59.7 Å². The number of ketones is 1. The maximum Gasteiger partial charge on any atom is 0.260 e. The van der Waals surface area contributed by atoms with Crippen molar-refractivity contribution in [2.75, 3.05) is 19.9 Å². The minimum absolute atomic E-state index is 0.0740. The van der Waals surface area contributed by atoms with E-state index >= 15 is 0 Å². The first-order chi connectivity index (χ1) is 12.6. The Morgan fingerprint density at radius 1 is 1.11 bits per heavy atom. The van der Waals surface area contributed by atoms with Crippen LogP contribution in [0.25, 0.3) is 0 Å². The van der Waals surface area contributed by atoms with Crippen molar-refractivity contribution in [2.24, 2.45) is 0 Å². The van der Waals surface area contributed by atoms with E-state index in [0.717, 1.165) is 11.8 Å². The molecule has 6 nitrogen and oxygen atoms in total. The lowest BCUT2D eigenvalue weighted by Crippen LogP contribution is -2.33. The zero-order chi connectivity index (χ0) is 20.2. The average molecular weight is 389 g/mol. The number of likely N-dealkylation sites (N-methyl/N-ethyl adjacent to an activating group) is 1. The van der Waals surface area contributed by atoms with Gasteiger partial charge in [0.2, 0.25) is 0 Å². The minimum atomic E-state index is -3.26. The summed E-state index contributed by atoms with van der Waals surface area (Å²) < 4.78 is 28.6. The van der Waals surface area contributed by atoms with Crippen LogP contribution in [0.15, 0.2) is 53.4 Å². The number of ether oxygens (including phenoxy) is 1. The molecule has 0 saturated carbocycles. The quantitative estimate of drug-likeness (QED) is 0.680. The van der Waals surface area contributed by atoms with Gasteiger partial charge in [0.1, 0.15) is 5.75 Å². The molecule has 27 heavy (non-hydrogen) atoms. The molecule has 2 rings (SSSR count). The Kier molecular flexibility index (Phi) is 6.38. The molecule has 0 N–H and O–H groups in total. The molecule has 144 valence electrons. The molecule has 0 bridgehead atoms. The molecule has 0 fully saturated rings. The molecule has 0 spiro atoms. The van der Waals surface area contributed by atoms with Gasteiger partial charge >= 0.3 is 0 Å². The van der Waals surface area contributed by atoms with Crippen molar-refractivity contribution < 1.29 is 22.7 Å². The summed E-state index contributed by atoms with van der Waals surface area (Å²) in [7, 11) is -1.60. The molecular formula is C20H23NO5S. The van der Waals surface area contributed by atoms with Gasteiger partial charge in [0, 0.05) is 18.9 Å². The lowest BCUT2D eigenvalue weighted by atomic mass is 10.1. The maximum atomic E-state index is 12.4. The number of sulfone groups is 1. The molecular weight excluding hydrogens is 366 g/mol. The fraction of sp³-hybridized carbons (Fsp3) is 0.300. The highest BCUT2D eigenvalue weighted by Gasteiger charge is 2.18. The Morgan fingerprint density at radius 3 is 2.30 bits per heavy atom. The Balaban J connectivity index is 2.01. The standard InChI is InChI=1S/C20H23NO5S/c1-14(16-8-10-19(11-9-16)27(4,24)25)21(3)20(23)13-26-18-7-5-6-17(12-18)15(2)22/h5-12,14H,13H2,1-4H3. The topological polar surface area (TPSA) is 80.8 Å². The number of rotatable bonds is 7. The second-order valence-corrected chi connectivity index (χ2v) is 8.41. The number of Topliss-reactive ketones (excluding diaryl/α,β-unsaturated/α-hetero) is 1. The highest BCUT2D eigenvalue weighted by molar-refractivity contribution is 7.90. The Labute approximate surface area is 159 Å². The largest absolute Gasteiger partial charge is 0.484 e. The number of carbonyl (C=O) groups excluding carboxylic acids is 2. The van der Waals surface area contributed by atoms with Gasteiger partial charge in [0.05, 0.1) is 10.9 Å². The molecule has 0 aromatic heterocycles. The van der Waals surface area contributed by atoms with Crippen LogP contribution < -0.4 is 4.74 Å². The number of carbonyl (C=O) groups is 2. The first-order valence-electron chi connectivity index (χ1n) is 8.39. The lowest BCUT2D eigenvalue weighted by molar-refractivity contribution is -0.134. The van der Waals surface area contributed by atoms with Crippen LogP contribution in [-0.4, -0.2) is 44.9 Å². The van der Waals surface area contributed by atoms with E-state index in [4.69, 9.17) is 4.74 Å². The highest BCUT2D eigenvalue weighted by atomic mass is 32.2. The van der Waals surface area contributed by atoms with Crippen LogP contribution in [0.4, 0.5) is 0 Å². The fourth-order valence-corrected chi connectivity index (χ4v) is 3.12. The van der Waals surface area contributed by atoms with Crippen molar-refractivity contribution in [1.82, 2.24) is 4.90 Å². The lowest BCUT2D eigenvalue weighted by Gasteiger charge is -2.25. The summed E-state index contributed by atoms with van der Waals surface area (Å²) >= 11 is 0. The van der Waals surface area contributed by atoms with Gasteiger partial charge in [-0.15, -0.1) is 0 Å². The molecule has 0 saturated heterocycles. The Bertz CT molecular complexity index is 935. The molecule has 1 amide bonds. The monoisotopic (exact) mass is 389 g/mol. The second kappa shape index (κ2) is 8.35. The van der Waals surface area contributed by atoms with Gasteiger partial charge in [0.15, 0.2) is 22.2 Å². The van der Waals surface area contributed by atoms with Gasteiger partial charge in [-0.1, -0.05) is 24.3 Å². The number of hydrogen-bond acceptors (Lipinski definition) is 5. The predicted octanol–water partition coefficient (Wildman–Crippen LogP) is 2.89. The summed E-state index contributed by atoms with van der Waals surface area (Å²) in [5, 5.41) is 0. The first kappa shape index (κ1) is 20.6. The summed E-state index contributed by atoms with van der Waals surface area (Å²) in [6.07, 6.45) is 1.15. The van der Waals surface area contributed by atoms with Crippen LogP contribution >= 0.6 is 0 Å². The average Bonchev–Trinajstić information content (AvgIpc) is 2.64. The summed E-state index contributed by atoms with van der Waals surface area (Å²) in [5.41, 5.74) is 1.34. The van der Waals surface area contributed by atoms with Gasteiger partial charge < -0.3 is 9.64 Å². The third kappa shape index (κ3) is 5.40. The molecule has 0 heterocycles. The van der Waals surface area contributed by atoms with E-state index in [9.17, 15) is 18.0 Å². The predicted molar refractivity (Wildman–Crippen MR) is 103 cm³/mol. The van der Waals surface area contributed by atoms with E-state index in [2.05, 4.69) is 0 Å². The smallest absolute Gasteiger partial charge is 0.260 e. The van der Waals surface area contributed by atoms with E-state index in [1.807, 2.05) is 6.92 Å². The molecule has 2 aromatic rings. The second-order valence-electron chi connectivity index (χ2n) is 6.39. The van der Waals surface area contributed by atoms with Crippen LogP contribution in [0, 0.1) is 0 Å². The van der Waals surface area contributed by atoms with Crippen molar-refractivity contribution in [3.8, 4) is 5.75 Å². The zero-order valence-electron chi connectivity index (χ0n) is 15.8. The van der Waals surface area contributed by atoms with Crippen molar-refractivity contribution >= 4 is 21.5 Å². The van der Waals surface area contributed by atoms with Crippen LogP contribution in [0.3, 0.4) is 0 Å². The molecule has 0 aliphatic carbocycles.